The van der Waals surface area contributed by atoms with Crippen molar-refractivity contribution in [3.63, 3.8) is 0 Å². The Kier molecular flexibility index (Phi) is 5.88. The summed E-state index contributed by atoms with van der Waals surface area (Å²) in [5.74, 6) is 0.0302. The number of nitrogen functional groups attached to an aromatic ring is 1. The Hall–Kier alpha value is -2.70. The first-order chi connectivity index (χ1) is 14.5. The number of carbonyl (C=O) groups excluding carboxylic acids is 2. The van der Waals surface area contributed by atoms with Crippen molar-refractivity contribution in [1.29, 1.82) is 0 Å². The minimum absolute atomic E-state index is 0.0170. The third kappa shape index (κ3) is 3.98. The van der Waals surface area contributed by atoms with Gasteiger partial charge in [0.05, 0.1) is 11.2 Å². The zero-order chi connectivity index (χ0) is 21.3. The highest BCUT2D eigenvalue weighted by atomic mass is 32.2. The molecule has 4 rings (SSSR count). The largest absolute Gasteiger partial charge is 0.398 e. The molecule has 1 fully saturated rings. The number of amides is 2. The molecule has 2 aliphatic heterocycles. The van der Waals surface area contributed by atoms with E-state index in [-0.39, 0.29) is 17.0 Å². The maximum Gasteiger partial charge on any atom is 0.276 e. The van der Waals surface area contributed by atoms with Crippen LogP contribution in [-0.2, 0) is 14.4 Å². The summed E-state index contributed by atoms with van der Waals surface area (Å²) in [5, 5.41) is 8.26. The van der Waals surface area contributed by atoms with Crippen molar-refractivity contribution >= 4 is 63.2 Å². The highest BCUT2D eigenvalue weighted by Crippen LogP contribution is 2.36. The molecule has 0 radical (unpaired) electrons. The number of hydrogen-bond donors (Lipinski definition) is 2. The quantitative estimate of drug-likeness (QED) is 0.381. The van der Waals surface area contributed by atoms with Crippen molar-refractivity contribution in [2.45, 2.75) is 18.3 Å². The number of hydrogen-bond acceptors (Lipinski definition) is 10. The number of aromatic nitrogens is 2. The molecule has 2 amide bonds. The maximum absolute atomic E-state index is 12.7. The molecule has 12 heteroatoms. The van der Waals surface area contributed by atoms with E-state index < -0.39 is 11.9 Å². The van der Waals surface area contributed by atoms with Crippen LogP contribution in [0.5, 0.6) is 0 Å². The Morgan fingerprint density at radius 3 is 2.93 bits per heavy atom. The minimum Gasteiger partial charge on any atom is -0.398 e. The second-order valence-corrected chi connectivity index (χ2v) is 9.31. The van der Waals surface area contributed by atoms with Crippen LogP contribution >= 0.6 is 34.4 Å². The molecule has 2 aliphatic rings. The maximum atomic E-state index is 12.7. The Labute approximate surface area is 184 Å². The van der Waals surface area contributed by atoms with Gasteiger partial charge in [0.2, 0.25) is 0 Å². The average Bonchev–Trinajstić information content (AvgIpc) is 3.36. The molecule has 9 nitrogen and oxygen atoms in total. The molecule has 1 unspecified atom stereocenters. The van der Waals surface area contributed by atoms with E-state index in [1.807, 2.05) is 30.8 Å². The van der Waals surface area contributed by atoms with Crippen LogP contribution in [-0.4, -0.2) is 56.7 Å². The van der Waals surface area contributed by atoms with Crippen LogP contribution in [0, 0.1) is 6.92 Å². The lowest BCUT2D eigenvalue weighted by atomic mass is 10.1. The average molecular weight is 463 g/mol. The lowest BCUT2D eigenvalue weighted by Gasteiger charge is -2.47. The second kappa shape index (κ2) is 8.58. The van der Waals surface area contributed by atoms with Gasteiger partial charge in [0.1, 0.15) is 24.2 Å². The van der Waals surface area contributed by atoms with E-state index in [4.69, 9.17) is 10.6 Å². The van der Waals surface area contributed by atoms with Gasteiger partial charge >= 0.3 is 0 Å². The number of β-lactam (4-membered cyclic amide) rings is 1. The van der Waals surface area contributed by atoms with E-state index in [1.54, 1.807) is 33.4 Å². The van der Waals surface area contributed by atoms with Gasteiger partial charge in [-0.1, -0.05) is 11.2 Å². The fraction of sp³-hybridized carbons (Fsp3) is 0.278. The fourth-order valence-corrected chi connectivity index (χ4v) is 5.46. The van der Waals surface area contributed by atoms with Crippen LogP contribution in [0.4, 0.5) is 5.13 Å². The summed E-state index contributed by atoms with van der Waals surface area (Å²) in [6, 6.07) is -0.633. The molecule has 2 atom stereocenters. The lowest BCUT2D eigenvalue weighted by molar-refractivity contribution is -0.143. The normalized spacial score (nSPS) is 21.3. The number of nitrogens with two attached hydrogens (primary N) is 1. The number of carbonyl (C=O) groups is 2. The molecular weight excluding hydrogens is 444 g/mol. The van der Waals surface area contributed by atoms with Gasteiger partial charge in [0.15, 0.2) is 10.8 Å². The monoisotopic (exact) mass is 462 g/mol. The number of allylic oxidation sites excluding steroid dienone is 1. The Morgan fingerprint density at radius 2 is 2.27 bits per heavy atom. The van der Waals surface area contributed by atoms with E-state index in [0.29, 0.717) is 10.8 Å². The second-order valence-electron chi connectivity index (χ2n) is 6.43. The molecule has 156 valence electrons. The van der Waals surface area contributed by atoms with Crippen LogP contribution in [0.3, 0.4) is 0 Å². The van der Waals surface area contributed by atoms with E-state index in [9.17, 15) is 9.59 Å². The van der Waals surface area contributed by atoms with Crippen molar-refractivity contribution in [2.75, 3.05) is 18.6 Å². The molecule has 2 aromatic heterocycles. The Bertz CT molecular complexity index is 1070. The lowest BCUT2D eigenvalue weighted by Crippen LogP contribution is -2.69. The van der Waals surface area contributed by atoms with Crippen molar-refractivity contribution < 1.29 is 14.4 Å². The summed E-state index contributed by atoms with van der Waals surface area (Å²) >= 11 is 4.36. The van der Waals surface area contributed by atoms with Gasteiger partial charge in [0, 0.05) is 22.2 Å². The predicted molar refractivity (Wildman–Crippen MR) is 119 cm³/mol. The number of nitrogens with zero attached hydrogens (tertiary/aromatic N) is 4. The first-order valence-electron chi connectivity index (χ1n) is 8.84. The molecule has 4 heterocycles. The van der Waals surface area contributed by atoms with Gasteiger partial charge in [-0.25, -0.2) is 9.97 Å². The van der Waals surface area contributed by atoms with Gasteiger partial charge in [0.25, 0.3) is 11.8 Å². The summed E-state index contributed by atoms with van der Waals surface area (Å²) in [6.07, 6.45) is 5.85. The van der Waals surface area contributed by atoms with Crippen LogP contribution in [0.2, 0.25) is 0 Å². The van der Waals surface area contributed by atoms with Gasteiger partial charge in [-0.3, -0.25) is 9.59 Å². The molecule has 0 saturated carbocycles. The van der Waals surface area contributed by atoms with Crippen molar-refractivity contribution in [1.82, 2.24) is 20.2 Å². The first kappa shape index (κ1) is 20.6. The number of nitrogens with one attached hydrogen (secondary N) is 1. The number of rotatable bonds is 6. The SMILES string of the molecule is CO/N=C(/C(=O)NC1C(=O)N2C=C(/C=C/c3scnc3C)CS[C@H]12)c1csc(N)n1. The summed E-state index contributed by atoms with van der Waals surface area (Å²) in [6.45, 7) is 1.96. The van der Waals surface area contributed by atoms with Crippen molar-refractivity contribution in [3.05, 3.63) is 45.0 Å². The first-order valence-corrected chi connectivity index (χ1v) is 11.6. The van der Waals surface area contributed by atoms with Gasteiger partial charge in [-0.2, -0.15) is 0 Å². The van der Waals surface area contributed by atoms with Crippen molar-refractivity contribution in [2.24, 2.45) is 5.16 Å². The smallest absolute Gasteiger partial charge is 0.276 e. The van der Waals surface area contributed by atoms with Crippen LogP contribution in [0.1, 0.15) is 16.3 Å². The molecule has 0 spiro atoms. The number of aryl methyl sites for hydroxylation is 1. The summed E-state index contributed by atoms with van der Waals surface area (Å²) in [5.41, 5.74) is 9.75. The Morgan fingerprint density at radius 1 is 1.43 bits per heavy atom. The van der Waals surface area contributed by atoms with Crippen LogP contribution < -0.4 is 11.1 Å². The number of anilines is 1. The minimum atomic E-state index is -0.633. The third-order valence-corrected chi connectivity index (χ3v) is 7.40. The Balaban J connectivity index is 1.42. The molecule has 0 bridgehead atoms. The standard InChI is InChI=1S/C18H18N6O3S3/c1-9-12(30-8-20-9)4-3-10-5-24-16(26)14(17(24)28-6-10)22-15(25)13(23-27-2)11-7-29-18(19)21-11/h3-5,7-8,14,17H,6H2,1-2H3,(H2,19,21)(H,22,25)/b4-3+,23-13+/t14?,17-/m1/s1. The zero-order valence-electron chi connectivity index (χ0n) is 16.1. The molecule has 0 aromatic carbocycles. The molecule has 1 saturated heterocycles. The summed E-state index contributed by atoms with van der Waals surface area (Å²) in [4.78, 5) is 41.1. The van der Waals surface area contributed by atoms with Gasteiger partial charge < -0.3 is 20.8 Å². The molecule has 0 aliphatic carbocycles. The van der Waals surface area contributed by atoms with Crippen molar-refractivity contribution in [3.8, 4) is 0 Å². The van der Waals surface area contributed by atoms with Gasteiger partial charge in [-0.05, 0) is 18.6 Å². The molecule has 3 N–H and O–H groups in total. The van der Waals surface area contributed by atoms with Crippen LogP contribution in [0.25, 0.3) is 6.08 Å². The van der Waals surface area contributed by atoms with Crippen LogP contribution in [0.15, 0.2) is 33.9 Å². The van der Waals surface area contributed by atoms with Gasteiger partial charge in [-0.15, -0.1) is 34.4 Å². The van der Waals surface area contributed by atoms with E-state index in [2.05, 4.69) is 20.4 Å². The van der Waals surface area contributed by atoms with E-state index in [1.165, 1.54) is 18.4 Å². The zero-order valence-corrected chi connectivity index (χ0v) is 18.5. The molecular formula is C18H18N6O3S3. The highest BCUT2D eigenvalue weighted by Gasteiger charge is 2.49. The molecule has 30 heavy (non-hydrogen) atoms. The number of thiazole rings is 2. The highest BCUT2D eigenvalue weighted by molar-refractivity contribution is 8.00. The fourth-order valence-electron chi connectivity index (χ4n) is 2.98. The number of fused-ring (bicyclic) bond motifs is 1. The predicted octanol–water partition coefficient (Wildman–Crippen LogP) is 1.84. The third-order valence-electron chi connectivity index (χ3n) is 4.49. The topological polar surface area (TPSA) is 123 Å². The number of oxime groups is 1. The van der Waals surface area contributed by atoms with E-state index in [0.717, 1.165) is 21.9 Å². The number of thioether (sulfide) groups is 1. The summed E-state index contributed by atoms with van der Waals surface area (Å²) in [7, 11) is 1.34. The van der Waals surface area contributed by atoms with E-state index >= 15 is 0 Å². The molecule has 2 aromatic rings. The summed E-state index contributed by atoms with van der Waals surface area (Å²) < 4.78 is 0.